The summed E-state index contributed by atoms with van der Waals surface area (Å²) in [5, 5.41) is 36.5. The fourth-order valence-corrected chi connectivity index (χ4v) is 6.38. The molecule has 0 fully saturated rings. The summed E-state index contributed by atoms with van der Waals surface area (Å²) in [5.74, 6) is 0. The minimum absolute atomic E-state index is 0.391. The Morgan fingerprint density at radius 2 is 0.596 bits per heavy atom. The van der Waals surface area contributed by atoms with Crippen molar-refractivity contribution in [3.05, 3.63) is 187 Å². The van der Waals surface area contributed by atoms with E-state index >= 15 is 0 Å². The molecule has 0 aromatic heterocycles. The van der Waals surface area contributed by atoms with Crippen molar-refractivity contribution in [3.8, 4) is 44.5 Å². The largest absolute Gasteiger partial charge is 0.488 e. The van der Waals surface area contributed by atoms with Crippen LogP contribution in [0.15, 0.2) is 183 Å². The first-order valence-electron chi connectivity index (χ1n) is 16.1. The van der Waals surface area contributed by atoms with Gasteiger partial charge in [-0.25, -0.2) is 0 Å². The molecule has 7 aromatic rings. The van der Waals surface area contributed by atoms with Gasteiger partial charge in [0, 0.05) is 17.0 Å². The Morgan fingerprint density at radius 1 is 0.327 bits per heavy atom. The lowest BCUT2D eigenvalue weighted by Crippen LogP contribution is -2.30. The van der Waals surface area contributed by atoms with Crippen LogP contribution in [-0.2, 0) is 0 Å². The fraction of sp³-hybridized carbons (Fsp3) is 0. The molecule has 0 heterocycles. The predicted molar refractivity (Wildman–Crippen MR) is 237 cm³/mol. The Kier molecular flexibility index (Phi) is 15.1. The highest BCUT2D eigenvalue weighted by molar-refractivity contribution is 14.1. The molecule has 52 heavy (non-hydrogen) atoms. The zero-order valence-electron chi connectivity index (χ0n) is 27.6. The number of hydrogen-bond acceptors (Lipinski definition) is 4. The van der Waals surface area contributed by atoms with E-state index < -0.39 is 14.2 Å². The topological polar surface area (TPSA) is 80.9 Å². The first-order chi connectivity index (χ1) is 25.0. The van der Waals surface area contributed by atoms with Crippen molar-refractivity contribution in [2.45, 2.75) is 0 Å². The minimum atomic E-state index is -1.52. The molecule has 258 valence electrons. The van der Waals surface area contributed by atoms with E-state index in [1.807, 2.05) is 24.3 Å². The highest BCUT2D eigenvalue weighted by Crippen LogP contribution is 2.30. The number of halogens is 4. The van der Waals surface area contributed by atoms with Crippen molar-refractivity contribution in [1.29, 1.82) is 0 Å². The molecule has 0 atom stereocenters. The Labute approximate surface area is 344 Å². The van der Waals surface area contributed by atoms with Crippen LogP contribution in [0.1, 0.15) is 0 Å². The third-order valence-electron chi connectivity index (χ3n) is 7.92. The zero-order chi connectivity index (χ0) is 37.0. The predicted octanol–water partition coefficient (Wildman–Crippen LogP) is 9.98. The van der Waals surface area contributed by atoms with Gasteiger partial charge >= 0.3 is 14.2 Å². The van der Waals surface area contributed by atoms with Gasteiger partial charge in [-0.1, -0.05) is 157 Å². The lowest BCUT2D eigenvalue weighted by atomic mass is 9.77. The Hall–Kier alpha value is -3.32. The van der Waals surface area contributed by atoms with Gasteiger partial charge in [-0.2, -0.15) is 0 Å². The maximum atomic E-state index is 9.11. The highest BCUT2D eigenvalue weighted by atomic mass is 127. The molecule has 0 amide bonds. The monoisotopic (exact) mass is 986 g/mol. The molecule has 0 unspecified atom stereocenters. The van der Waals surface area contributed by atoms with Crippen LogP contribution in [0.4, 0.5) is 0 Å². The Balaban J connectivity index is 0.000000173. The van der Waals surface area contributed by atoms with Gasteiger partial charge in [0.25, 0.3) is 0 Å². The van der Waals surface area contributed by atoms with Gasteiger partial charge in [0.2, 0.25) is 0 Å². The third-order valence-corrected chi connectivity index (χ3v) is 10.2. The second kappa shape index (κ2) is 19.7. The minimum Gasteiger partial charge on any atom is -0.423 e. The maximum absolute atomic E-state index is 9.11. The van der Waals surface area contributed by atoms with E-state index in [0.29, 0.717) is 10.9 Å². The Morgan fingerprint density at radius 3 is 0.904 bits per heavy atom. The molecule has 7 rings (SSSR count). The fourth-order valence-electron chi connectivity index (χ4n) is 5.23. The lowest BCUT2D eigenvalue weighted by molar-refractivity contribution is 0.424. The number of rotatable bonds is 6. The summed E-state index contributed by atoms with van der Waals surface area (Å²) >= 11 is 12.6. The summed E-state index contributed by atoms with van der Waals surface area (Å²) in [6.07, 6.45) is 0. The van der Waals surface area contributed by atoms with E-state index in [1.54, 1.807) is 36.4 Å². The summed E-state index contributed by atoms with van der Waals surface area (Å²) in [5.41, 5.74) is 9.69. The van der Waals surface area contributed by atoms with Crippen molar-refractivity contribution < 1.29 is 20.1 Å². The van der Waals surface area contributed by atoms with Gasteiger partial charge in [0.15, 0.2) is 0 Å². The molecule has 0 radical (unpaired) electrons. The quantitative estimate of drug-likeness (QED) is 0.0989. The van der Waals surface area contributed by atoms with Gasteiger partial charge in [0.05, 0.1) is 0 Å². The van der Waals surface area contributed by atoms with E-state index in [9.17, 15) is 0 Å². The third kappa shape index (κ3) is 11.8. The van der Waals surface area contributed by atoms with Gasteiger partial charge in [0.1, 0.15) is 0 Å². The summed E-state index contributed by atoms with van der Waals surface area (Å²) in [6.45, 7) is 0. The molecule has 0 saturated heterocycles. The molecular weight excluding hydrogens is 957 g/mol. The first-order valence-corrected chi connectivity index (χ1v) is 19.6. The van der Waals surface area contributed by atoms with Gasteiger partial charge in [-0.15, -0.1) is 0 Å². The van der Waals surface area contributed by atoms with E-state index in [-0.39, 0.29) is 0 Å². The molecular formula is C42H32B2Br3IO4. The molecule has 10 heteroatoms. The van der Waals surface area contributed by atoms with Crippen molar-refractivity contribution in [3.63, 3.8) is 0 Å². The number of benzene rings is 7. The van der Waals surface area contributed by atoms with Gasteiger partial charge in [-0.05, 0) is 139 Å². The standard InChI is InChI=1S/C24H16Br2.C12H12B2O4.C6H4BrI/c25-23-11-7-17(8-12-23)19-3-1-5-21(15-19)22-6-2-4-20(16-22)18-9-13-24(26)14-10-18;15-13(16)11-5-1-3-9(7-11)10-4-2-6-12(8-10)14(17)18;7-5-1-3-6(8)4-2-5/h1-16H;1-8,15-18H;1-4H. The summed E-state index contributed by atoms with van der Waals surface area (Å²) in [6, 6.07) is 56.0. The summed E-state index contributed by atoms with van der Waals surface area (Å²) in [4.78, 5) is 0. The van der Waals surface area contributed by atoms with E-state index in [4.69, 9.17) is 20.1 Å². The first kappa shape index (κ1) is 39.9. The Bertz CT molecular complexity index is 2040. The molecule has 0 saturated carbocycles. The lowest BCUT2D eigenvalue weighted by Gasteiger charge is -2.09. The smallest absolute Gasteiger partial charge is 0.423 e. The van der Waals surface area contributed by atoms with Gasteiger partial charge in [-0.3, -0.25) is 0 Å². The van der Waals surface area contributed by atoms with Crippen molar-refractivity contribution in [2.75, 3.05) is 0 Å². The number of hydrogen-bond donors (Lipinski definition) is 4. The van der Waals surface area contributed by atoms with Crippen LogP contribution in [0.3, 0.4) is 0 Å². The van der Waals surface area contributed by atoms with Gasteiger partial charge < -0.3 is 20.1 Å². The molecule has 0 aliphatic carbocycles. The van der Waals surface area contributed by atoms with E-state index in [1.165, 1.54) is 37.0 Å². The molecule has 4 N–H and O–H groups in total. The molecule has 7 aromatic carbocycles. The van der Waals surface area contributed by atoms with Crippen molar-refractivity contribution in [2.24, 2.45) is 0 Å². The van der Waals surface area contributed by atoms with Crippen LogP contribution in [0.5, 0.6) is 0 Å². The SMILES string of the molecule is Brc1ccc(-c2cccc(-c3cccc(-c4ccc(Br)cc4)c3)c2)cc1.Brc1ccc(I)cc1.OB(O)c1cccc(-c2cccc(B(O)O)c2)c1. The second-order valence-corrected chi connectivity index (χ2v) is 15.6. The van der Waals surface area contributed by atoms with Crippen LogP contribution >= 0.6 is 70.4 Å². The van der Waals surface area contributed by atoms with Crippen LogP contribution in [0.2, 0.25) is 0 Å². The van der Waals surface area contributed by atoms with E-state index in [0.717, 1.165) is 24.5 Å². The van der Waals surface area contributed by atoms with Crippen molar-refractivity contribution in [1.82, 2.24) is 0 Å². The van der Waals surface area contributed by atoms with Crippen LogP contribution < -0.4 is 10.9 Å². The maximum Gasteiger partial charge on any atom is 0.488 e. The average Bonchev–Trinajstić information content (AvgIpc) is 3.17. The van der Waals surface area contributed by atoms with Crippen LogP contribution in [0, 0.1) is 3.57 Å². The molecule has 4 nitrogen and oxygen atoms in total. The second-order valence-electron chi connectivity index (χ2n) is 11.6. The van der Waals surface area contributed by atoms with E-state index in [2.05, 4.69) is 180 Å². The molecule has 0 spiro atoms. The summed E-state index contributed by atoms with van der Waals surface area (Å²) in [7, 11) is -3.03. The normalized spacial score (nSPS) is 10.3. The molecule has 0 aliphatic heterocycles. The molecule has 0 aliphatic rings. The molecule has 0 bridgehead atoms. The van der Waals surface area contributed by atoms with Crippen LogP contribution in [-0.4, -0.2) is 34.3 Å². The average molecular weight is 989 g/mol. The van der Waals surface area contributed by atoms with Crippen LogP contribution in [0.25, 0.3) is 44.5 Å². The zero-order valence-corrected chi connectivity index (χ0v) is 34.5. The highest BCUT2D eigenvalue weighted by Gasteiger charge is 2.14. The van der Waals surface area contributed by atoms with Crippen molar-refractivity contribution >= 4 is 95.5 Å². The summed E-state index contributed by atoms with van der Waals surface area (Å²) < 4.78 is 4.60.